The molecule has 0 saturated heterocycles. The average Bonchev–Trinajstić information content (AvgIpc) is 3.05. The Labute approximate surface area is 141 Å². The van der Waals surface area contributed by atoms with Crippen LogP contribution in [0.5, 0.6) is 5.75 Å². The number of halogens is 1. The molecule has 0 aliphatic rings. The summed E-state index contributed by atoms with van der Waals surface area (Å²) in [5.41, 5.74) is 1.28. The first-order valence-electron chi connectivity index (χ1n) is 7.30. The fraction of sp³-hybridized carbons (Fsp3) is 0.176. The third kappa shape index (κ3) is 4.06. The lowest BCUT2D eigenvalue weighted by molar-refractivity contribution is 0.0843. The molecule has 2 heterocycles. The summed E-state index contributed by atoms with van der Waals surface area (Å²) in [5, 5.41) is 14.4. The minimum atomic E-state index is -0.907. The minimum Gasteiger partial charge on any atom is -0.491 e. The number of nitrogens with zero attached hydrogens (tertiary/aromatic N) is 1. The average molecular weight is 346 g/mol. The first-order valence-corrected chi connectivity index (χ1v) is 8.17. The normalized spacial score (nSPS) is 12.1. The van der Waals surface area contributed by atoms with E-state index in [4.69, 9.17) is 4.74 Å². The van der Waals surface area contributed by atoms with Crippen LogP contribution in [0.1, 0.15) is 10.4 Å². The molecule has 0 spiro atoms. The van der Waals surface area contributed by atoms with Crippen LogP contribution >= 0.6 is 11.3 Å². The van der Waals surface area contributed by atoms with Gasteiger partial charge >= 0.3 is 0 Å². The molecule has 1 atom stereocenters. The molecule has 1 aromatic carbocycles. The number of ether oxygens (including phenoxy) is 1. The summed E-state index contributed by atoms with van der Waals surface area (Å²) in [6.07, 6.45) is 0.593. The third-order valence-electron chi connectivity index (χ3n) is 3.30. The van der Waals surface area contributed by atoms with Gasteiger partial charge in [-0.1, -0.05) is 6.07 Å². The van der Waals surface area contributed by atoms with Gasteiger partial charge < -0.3 is 15.2 Å². The number of aliphatic hydroxyl groups is 1. The van der Waals surface area contributed by atoms with Gasteiger partial charge in [0.2, 0.25) is 0 Å². The summed E-state index contributed by atoms with van der Waals surface area (Å²) in [6, 6.07) is 9.30. The molecular formula is C17H15FN2O3S. The van der Waals surface area contributed by atoms with Crippen molar-refractivity contribution in [1.29, 1.82) is 0 Å². The molecule has 0 saturated carbocycles. The topological polar surface area (TPSA) is 71.5 Å². The lowest BCUT2D eigenvalue weighted by Gasteiger charge is -2.13. The van der Waals surface area contributed by atoms with Crippen LogP contribution in [-0.2, 0) is 0 Å². The number of pyridine rings is 1. The molecule has 0 aliphatic heterocycles. The standard InChI is InChI=1S/C17H15FN2O3S/c18-12-2-1-3-14(7-12)23-10-13(21)9-20-17(22)11-6-16-15(19-8-11)4-5-24-16/h1-8,13,21H,9-10H2,(H,20,22)/t13-/m0/s1. The molecule has 0 radical (unpaired) electrons. The van der Waals surface area contributed by atoms with E-state index in [1.165, 1.54) is 35.7 Å². The molecule has 0 bridgehead atoms. The van der Waals surface area contributed by atoms with E-state index < -0.39 is 11.9 Å². The first kappa shape index (κ1) is 16.4. The van der Waals surface area contributed by atoms with E-state index in [1.807, 2.05) is 11.4 Å². The van der Waals surface area contributed by atoms with E-state index in [-0.39, 0.29) is 19.1 Å². The maximum absolute atomic E-state index is 13.0. The SMILES string of the molecule is O=C(NC[C@H](O)COc1cccc(F)c1)c1cnc2ccsc2c1. The molecule has 0 aliphatic carbocycles. The van der Waals surface area contributed by atoms with Crippen molar-refractivity contribution < 1.29 is 19.0 Å². The van der Waals surface area contributed by atoms with Gasteiger partial charge in [-0.25, -0.2) is 4.39 Å². The Bertz CT molecular complexity index is 852. The molecule has 24 heavy (non-hydrogen) atoms. The number of hydrogen-bond acceptors (Lipinski definition) is 5. The van der Waals surface area contributed by atoms with E-state index >= 15 is 0 Å². The van der Waals surface area contributed by atoms with Crippen molar-refractivity contribution in [3.8, 4) is 5.75 Å². The van der Waals surface area contributed by atoms with E-state index in [2.05, 4.69) is 10.3 Å². The molecule has 5 nitrogen and oxygen atoms in total. The van der Waals surface area contributed by atoms with Crippen LogP contribution < -0.4 is 10.1 Å². The van der Waals surface area contributed by atoms with Gasteiger partial charge in [0.05, 0.1) is 15.8 Å². The number of carbonyl (C=O) groups excluding carboxylic acids is 1. The number of amides is 1. The van der Waals surface area contributed by atoms with Crippen molar-refractivity contribution in [3.05, 3.63) is 59.4 Å². The van der Waals surface area contributed by atoms with Crippen molar-refractivity contribution in [2.24, 2.45) is 0 Å². The van der Waals surface area contributed by atoms with Crippen molar-refractivity contribution >= 4 is 27.5 Å². The maximum Gasteiger partial charge on any atom is 0.252 e. The Balaban J connectivity index is 1.50. The van der Waals surface area contributed by atoms with Crippen LogP contribution in [0.15, 0.2) is 48.0 Å². The lowest BCUT2D eigenvalue weighted by Crippen LogP contribution is -2.35. The predicted molar refractivity (Wildman–Crippen MR) is 89.9 cm³/mol. The quantitative estimate of drug-likeness (QED) is 0.720. The van der Waals surface area contributed by atoms with Crippen LogP contribution in [0.25, 0.3) is 10.2 Å². The number of rotatable bonds is 6. The van der Waals surface area contributed by atoms with Crippen LogP contribution in [0, 0.1) is 5.82 Å². The second kappa shape index (κ2) is 7.37. The molecule has 3 aromatic rings. The van der Waals surface area contributed by atoms with Crippen molar-refractivity contribution in [2.75, 3.05) is 13.2 Å². The zero-order valence-corrected chi connectivity index (χ0v) is 13.4. The van der Waals surface area contributed by atoms with Gasteiger partial charge in [-0.05, 0) is 29.6 Å². The van der Waals surface area contributed by atoms with Crippen LogP contribution in [0.4, 0.5) is 4.39 Å². The Kier molecular flexibility index (Phi) is 5.02. The van der Waals surface area contributed by atoms with Crippen LogP contribution in [-0.4, -0.2) is 35.3 Å². The van der Waals surface area contributed by atoms with E-state index in [0.29, 0.717) is 11.3 Å². The highest BCUT2D eigenvalue weighted by Gasteiger charge is 2.11. The van der Waals surface area contributed by atoms with Crippen molar-refractivity contribution in [1.82, 2.24) is 10.3 Å². The van der Waals surface area contributed by atoms with Gasteiger partial charge in [-0.2, -0.15) is 0 Å². The number of carbonyl (C=O) groups is 1. The molecule has 1 amide bonds. The number of aliphatic hydroxyl groups excluding tert-OH is 1. The Morgan fingerprint density at radius 2 is 2.25 bits per heavy atom. The zero-order chi connectivity index (χ0) is 16.9. The number of aromatic nitrogens is 1. The van der Waals surface area contributed by atoms with Gasteiger partial charge in [0, 0.05) is 18.8 Å². The minimum absolute atomic E-state index is 0.0244. The fourth-order valence-corrected chi connectivity index (χ4v) is 2.87. The molecule has 7 heteroatoms. The number of benzene rings is 1. The van der Waals surface area contributed by atoms with Crippen molar-refractivity contribution in [2.45, 2.75) is 6.10 Å². The number of fused-ring (bicyclic) bond motifs is 1. The molecule has 0 unspecified atom stereocenters. The van der Waals surface area contributed by atoms with Crippen molar-refractivity contribution in [3.63, 3.8) is 0 Å². The van der Waals surface area contributed by atoms with Crippen LogP contribution in [0.3, 0.4) is 0 Å². The summed E-state index contributed by atoms with van der Waals surface area (Å²) in [5.74, 6) is -0.401. The largest absolute Gasteiger partial charge is 0.491 e. The highest BCUT2D eigenvalue weighted by atomic mass is 32.1. The van der Waals surface area contributed by atoms with E-state index in [0.717, 1.165) is 10.2 Å². The second-order valence-corrected chi connectivity index (χ2v) is 6.11. The Hall–Kier alpha value is -2.51. The van der Waals surface area contributed by atoms with Gasteiger partial charge in [0.15, 0.2) is 0 Å². The van der Waals surface area contributed by atoms with Crippen LogP contribution in [0.2, 0.25) is 0 Å². The highest BCUT2D eigenvalue weighted by Crippen LogP contribution is 2.19. The fourth-order valence-electron chi connectivity index (χ4n) is 2.09. The summed E-state index contributed by atoms with van der Waals surface area (Å²) in [6.45, 7) is -0.0252. The molecule has 2 aromatic heterocycles. The third-order valence-corrected chi connectivity index (χ3v) is 4.15. The summed E-state index contributed by atoms with van der Waals surface area (Å²) < 4.78 is 19.2. The maximum atomic E-state index is 13.0. The summed E-state index contributed by atoms with van der Waals surface area (Å²) >= 11 is 1.51. The smallest absolute Gasteiger partial charge is 0.252 e. The number of thiophene rings is 1. The molecule has 124 valence electrons. The number of nitrogens with one attached hydrogen (secondary N) is 1. The van der Waals surface area contributed by atoms with Gasteiger partial charge in [0.1, 0.15) is 24.3 Å². The van der Waals surface area contributed by atoms with Gasteiger partial charge in [0.25, 0.3) is 5.91 Å². The van der Waals surface area contributed by atoms with Gasteiger partial charge in [-0.15, -0.1) is 11.3 Å². The zero-order valence-electron chi connectivity index (χ0n) is 12.6. The predicted octanol–water partition coefficient (Wildman–Crippen LogP) is 2.61. The molecular weight excluding hydrogens is 331 g/mol. The van der Waals surface area contributed by atoms with E-state index in [9.17, 15) is 14.3 Å². The lowest BCUT2D eigenvalue weighted by atomic mass is 10.2. The Morgan fingerprint density at radius 3 is 3.08 bits per heavy atom. The first-order chi connectivity index (χ1) is 11.6. The van der Waals surface area contributed by atoms with E-state index in [1.54, 1.807) is 12.1 Å². The summed E-state index contributed by atoms with van der Waals surface area (Å²) in [7, 11) is 0. The molecule has 2 N–H and O–H groups in total. The second-order valence-electron chi connectivity index (χ2n) is 5.16. The number of hydrogen-bond donors (Lipinski definition) is 2. The molecule has 3 rings (SSSR count). The highest BCUT2D eigenvalue weighted by molar-refractivity contribution is 7.17. The summed E-state index contributed by atoms with van der Waals surface area (Å²) in [4.78, 5) is 16.3. The molecule has 0 fully saturated rings. The van der Waals surface area contributed by atoms with Gasteiger partial charge in [-0.3, -0.25) is 9.78 Å². The monoisotopic (exact) mass is 346 g/mol. The Morgan fingerprint density at radius 1 is 1.38 bits per heavy atom.